The molecule has 9 heteroatoms. The van der Waals surface area contributed by atoms with Crippen LogP contribution in [0.1, 0.15) is 11.4 Å². The molecule has 0 saturated carbocycles. The predicted octanol–water partition coefficient (Wildman–Crippen LogP) is 2.30. The summed E-state index contributed by atoms with van der Waals surface area (Å²) in [6.45, 7) is 4.35. The summed E-state index contributed by atoms with van der Waals surface area (Å²) in [7, 11) is 1.91. The minimum Gasteiger partial charge on any atom is -0.395 e. The summed E-state index contributed by atoms with van der Waals surface area (Å²) in [5.74, 6) is 1.20. The van der Waals surface area contributed by atoms with Crippen LogP contribution in [-0.2, 0) is 7.05 Å². The molecule has 134 valence electrons. The van der Waals surface area contributed by atoms with Crippen molar-refractivity contribution in [1.82, 2.24) is 29.3 Å². The topological polar surface area (TPSA) is 93.7 Å². The van der Waals surface area contributed by atoms with E-state index in [4.69, 9.17) is 4.98 Å². The van der Waals surface area contributed by atoms with Crippen molar-refractivity contribution < 1.29 is 5.11 Å². The summed E-state index contributed by atoms with van der Waals surface area (Å²) in [4.78, 5) is 14.0. The standard InChI is InChI=1S/C17H19N7OS/c1-10-13(11(2)23(3)22-10)15-20-16(18-5-6-25)14-17(21-15)24(9-19-14)12-4-7-26-8-12/h4,7-9,25H,5-6H2,1-3H3,(H,18,20,21). The van der Waals surface area contributed by atoms with Crippen LogP contribution in [0.4, 0.5) is 5.82 Å². The molecule has 8 nitrogen and oxygen atoms in total. The third-order valence-corrected chi connectivity index (χ3v) is 4.99. The average molecular weight is 369 g/mol. The van der Waals surface area contributed by atoms with Gasteiger partial charge in [0.2, 0.25) is 0 Å². The number of anilines is 1. The van der Waals surface area contributed by atoms with Crippen LogP contribution < -0.4 is 5.32 Å². The van der Waals surface area contributed by atoms with E-state index in [0.29, 0.717) is 23.7 Å². The first-order chi connectivity index (χ1) is 12.6. The summed E-state index contributed by atoms with van der Waals surface area (Å²) in [5.41, 5.74) is 5.19. The van der Waals surface area contributed by atoms with Crippen molar-refractivity contribution >= 4 is 28.3 Å². The van der Waals surface area contributed by atoms with Gasteiger partial charge in [-0.3, -0.25) is 9.25 Å². The summed E-state index contributed by atoms with van der Waals surface area (Å²) >= 11 is 1.62. The number of aromatic nitrogens is 6. The fourth-order valence-electron chi connectivity index (χ4n) is 2.99. The van der Waals surface area contributed by atoms with Gasteiger partial charge in [-0.05, 0) is 25.3 Å². The lowest BCUT2D eigenvalue weighted by Gasteiger charge is -2.09. The van der Waals surface area contributed by atoms with Crippen LogP contribution in [0, 0.1) is 13.8 Å². The quantitative estimate of drug-likeness (QED) is 0.561. The maximum atomic E-state index is 9.19. The average Bonchev–Trinajstić information content (AvgIpc) is 3.33. The molecule has 0 saturated heterocycles. The number of imidazole rings is 1. The third-order valence-electron chi connectivity index (χ3n) is 4.32. The van der Waals surface area contributed by atoms with Gasteiger partial charge < -0.3 is 10.4 Å². The number of hydrogen-bond donors (Lipinski definition) is 2. The van der Waals surface area contributed by atoms with Crippen molar-refractivity contribution in [3.8, 4) is 17.1 Å². The number of rotatable bonds is 5. The van der Waals surface area contributed by atoms with Crippen LogP contribution in [-0.4, -0.2) is 47.6 Å². The highest BCUT2D eigenvalue weighted by Crippen LogP contribution is 2.29. The second-order valence-corrected chi connectivity index (χ2v) is 6.76. The summed E-state index contributed by atoms with van der Waals surface area (Å²) in [6.07, 6.45) is 1.75. The van der Waals surface area contributed by atoms with Gasteiger partial charge in [-0.15, -0.1) is 0 Å². The van der Waals surface area contributed by atoms with E-state index in [1.165, 1.54) is 0 Å². The molecule has 4 rings (SSSR count). The second kappa shape index (κ2) is 6.50. The number of fused-ring (bicyclic) bond motifs is 1. The normalized spacial score (nSPS) is 11.4. The number of nitrogens with one attached hydrogen (secondary N) is 1. The van der Waals surface area contributed by atoms with Gasteiger partial charge >= 0.3 is 0 Å². The van der Waals surface area contributed by atoms with Crippen molar-refractivity contribution in [2.24, 2.45) is 7.05 Å². The number of hydrogen-bond acceptors (Lipinski definition) is 7. The lowest BCUT2D eigenvalue weighted by Crippen LogP contribution is -2.09. The van der Waals surface area contributed by atoms with E-state index < -0.39 is 0 Å². The van der Waals surface area contributed by atoms with Gasteiger partial charge in [-0.2, -0.15) is 16.4 Å². The van der Waals surface area contributed by atoms with Crippen LogP contribution in [0.25, 0.3) is 28.2 Å². The molecule has 4 aromatic heterocycles. The van der Waals surface area contributed by atoms with Crippen molar-refractivity contribution in [2.75, 3.05) is 18.5 Å². The van der Waals surface area contributed by atoms with Gasteiger partial charge in [0.1, 0.15) is 6.33 Å². The Bertz CT molecular complexity index is 1060. The first-order valence-corrected chi connectivity index (χ1v) is 9.17. The highest BCUT2D eigenvalue weighted by Gasteiger charge is 2.19. The maximum Gasteiger partial charge on any atom is 0.170 e. The minimum atomic E-state index is 0.0109. The Morgan fingerprint density at radius 2 is 2.12 bits per heavy atom. The predicted molar refractivity (Wildman–Crippen MR) is 102 cm³/mol. The number of aliphatic hydroxyl groups is 1. The molecule has 0 unspecified atom stereocenters. The van der Waals surface area contributed by atoms with E-state index in [1.807, 2.05) is 47.0 Å². The first-order valence-electron chi connectivity index (χ1n) is 8.23. The van der Waals surface area contributed by atoms with Crippen molar-refractivity contribution in [1.29, 1.82) is 0 Å². The van der Waals surface area contributed by atoms with Gasteiger partial charge in [0.25, 0.3) is 0 Å². The van der Waals surface area contributed by atoms with Gasteiger partial charge in [-0.1, -0.05) is 0 Å². The molecule has 0 atom stereocenters. The van der Waals surface area contributed by atoms with Gasteiger partial charge in [0.05, 0.1) is 23.6 Å². The molecule has 2 N–H and O–H groups in total. The van der Waals surface area contributed by atoms with E-state index in [-0.39, 0.29) is 6.61 Å². The largest absolute Gasteiger partial charge is 0.395 e. The van der Waals surface area contributed by atoms with Crippen LogP contribution in [0.15, 0.2) is 23.2 Å². The van der Waals surface area contributed by atoms with Gasteiger partial charge in [0.15, 0.2) is 22.8 Å². The summed E-state index contributed by atoms with van der Waals surface area (Å²) < 4.78 is 3.78. The Labute approximate surface area is 154 Å². The zero-order valence-electron chi connectivity index (χ0n) is 14.8. The van der Waals surface area contributed by atoms with E-state index >= 15 is 0 Å². The minimum absolute atomic E-state index is 0.0109. The zero-order valence-corrected chi connectivity index (χ0v) is 15.6. The monoisotopic (exact) mass is 369 g/mol. The molecule has 4 aromatic rings. The molecule has 0 aliphatic carbocycles. The Balaban J connectivity index is 1.97. The Hall–Kier alpha value is -2.78. The zero-order chi connectivity index (χ0) is 18.3. The van der Waals surface area contributed by atoms with E-state index in [2.05, 4.69) is 20.4 Å². The van der Waals surface area contributed by atoms with Crippen molar-refractivity contribution in [2.45, 2.75) is 13.8 Å². The highest BCUT2D eigenvalue weighted by molar-refractivity contribution is 7.08. The Morgan fingerprint density at radius 1 is 1.27 bits per heavy atom. The molecule has 4 heterocycles. The van der Waals surface area contributed by atoms with Gasteiger partial charge in [0, 0.05) is 24.7 Å². The van der Waals surface area contributed by atoms with Crippen LogP contribution in [0.2, 0.25) is 0 Å². The van der Waals surface area contributed by atoms with Crippen molar-refractivity contribution in [3.63, 3.8) is 0 Å². The first kappa shape index (κ1) is 16.7. The number of aryl methyl sites for hydroxylation is 2. The number of aliphatic hydroxyl groups excluding tert-OH is 1. The van der Waals surface area contributed by atoms with Crippen molar-refractivity contribution in [3.05, 3.63) is 34.5 Å². The fraction of sp³-hybridized carbons (Fsp3) is 0.294. The second-order valence-electron chi connectivity index (χ2n) is 5.98. The Kier molecular flexibility index (Phi) is 4.17. The molecule has 0 bridgehead atoms. The molecule has 0 aliphatic rings. The summed E-state index contributed by atoms with van der Waals surface area (Å²) in [6, 6.07) is 2.02. The van der Waals surface area contributed by atoms with Crippen LogP contribution >= 0.6 is 11.3 Å². The SMILES string of the molecule is Cc1nn(C)c(C)c1-c1nc(NCCO)c2ncn(-c3ccsc3)c2n1. The van der Waals surface area contributed by atoms with E-state index in [1.54, 1.807) is 17.7 Å². The molecule has 0 spiro atoms. The Morgan fingerprint density at radius 3 is 2.77 bits per heavy atom. The van der Waals surface area contributed by atoms with E-state index in [9.17, 15) is 5.11 Å². The van der Waals surface area contributed by atoms with Crippen LogP contribution in [0.3, 0.4) is 0 Å². The number of nitrogens with zero attached hydrogens (tertiary/aromatic N) is 6. The molecule has 0 aromatic carbocycles. The fourth-order valence-corrected chi connectivity index (χ4v) is 3.62. The lowest BCUT2D eigenvalue weighted by molar-refractivity contribution is 0.311. The van der Waals surface area contributed by atoms with E-state index in [0.717, 1.165) is 28.3 Å². The smallest absolute Gasteiger partial charge is 0.170 e. The molecular formula is C17H19N7OS. The molecule has 0 aliphatic heterocycles. The highest BCUT2D eigenvalue weighted by atomic mass is 32.1. The summed E-state index contributed by atoms with van der Waals surface area (Å²) in [5, 5.41) is 20.9. The van der Waals surface area contributed by atoms with Crippen LogP contribution in [0.5, 0.6) is 0 Å². The molecule has 0 fully saturated rings. The molecule has 0 radical (unpaired) electrons. The lowest BCUT2D eigenvalue weighted by atomic mass is 10.2. The maximum absolute atomic E-state index is 9.19. The van der Waals surface area contributed by atoms with Gasteiger partial charge in [-0.25, -0.2) is 15.0 Å². The number of thiophene rings is 1. The molecule has 26 heavy (non-hydrogen) atoms. The molecule has 0 amide bonds. The third kappa shape index (κ3) is 2.65. The molecular weight excluding hydrogens is 350 g/mol.